The largest absolute Gasteiger partial charge is 0.365 e. The molecule has 1 fully saturated rings. The second kappa shape index (κ2) is 6.46. The van der Waals surface area contributed by atoms with Crippen LogP contribution in [0.5, 0.6) is 0 Å². The number of rotatable bonds is 4. The van der Waals surface area contributed by atoms with E-state index in [1.54, 1.807) is 0 Å². The number of para-hydroxylation sites is 1. The standard InChI is InChI=1S/C22H22N4/c1-2-6-16(7-3-1)15-26-13-11-19-21(26)18-8-4-5-9-20(18)25-22(19)24-17-10-12-23-14-17/h1-9,11,13,17,23H,10,12,14-15H2,(H,24,25)/t17-/m0/s1. The second-order valence-electron chi connectivity index (χ2n) is 7.00. The summed E-state index contributed by atoms with van der Waals surface area (Å²) in [5.74, 6) is 0.999. The summed E-state index contributed by atoms with van der Waals surface area (Å²) in [5, 5.41) is 9.49. The van der Waals surface area contributed by atoms with E-state index in [0.29, 0.717) is 6.04 Å². The van der Waals surface area contributed by atoms with Crippen LogP contribution in [-0.2, 0) is 6.54 Å². The maximum Gasteiger partial charge on any atom is 0.136 e. The number of fused-ring (bicyclic) bond motifs is 3. The fourth-order valence-electron chi connectivity index (χ4n) is 3.91. The molecule has 2 N–H and O–H groups in total. The van der Waals surface area contributed by atoms with Crippen molar-refractivity contribution in [1.82, 2.24) is 14.9 Å². The van der Waals surface area contributed by atoms with Crippen molar-refractivity contribution in [2.24, 2.45) is 0 Å². The summed E-state index contributed by atoms with van der Waals surface area (Å²) >= 11 is 0. The van der Waals surface area contributed by atoms with Gasteiger partial charge in [0.2, 0.25) is 0 Å². The van der Waals surface area contributed by atoms with Gasteiger partial charge in [-0.05, 0) is 30.7 Å². The van der Waals surface area contributed by atoms with E-state index < -0.39 is 0 Å². The van der Waals surface area contributed by atoms with Gasteiger partial charge >= 0.3 is 0 Å². The molecule has 1 saturated heterocycles. The van der Waals surface area contributed by atoms with E-state index in [1.807, 2.05) is 0 Å². The molecule has 2 aromatic carbocycles. The lowest BCUT2D eigenvalue weighted by Crippen LogP contribution is -2.22. The SMILES string of the molecule is c1ccc(Cn2ccc3c(N[C@H]4CCNC4)nc4ccccc4c32)cc1. The maximum atomic E-state index is 4.94. The Labute approximate surface area is 152 Å². The lowest BCUT2D eigenvalue weighted by Gasteiger charge is -2.15. The van der Waals surface area contributed by atoms with Gasteiger partial charge in [0.25, 0.3) is 0 Å². The van der Waals surface area contributed by atoms with Gasteiger partial charge in [0, 0.05) is 36.1 Å². The fraction of sp³-hybridized carbons (Fsp3) is 0.227. The monoisotopic (exact) mass is 342 g/mol. The third-order valence-corrected chi connectivity index (χ3v) is 5.21. The number of hydrogen-bond acceptors (Lipinski definition) is 3. The highest BCUT2D eigenvalue weighted by Gasteiger charge is 2.18. The number of hydrogen-bond donors (Lipinski definition) is 2. The van der Waals surface area contributed by atoms with E-state index in [2.05, 4.69) is 82.1 Å². The van der Waals surface area contributed by atoms with Crippen molar-refractivity contribution in [3.63, 3.8) is 0 Å². The molecule has 5 rings (SSSR count). The van der Waals surface area contributed by atoms with Crippen molar-refractivity contribution in [3.8, 4) is 0 Å². The Morgan fingerprint density at radius 2 is 1.85 bits per heavy atom. The quantitative estimate of drug-likeness (QED) is 0.589. The molecule has 2 aromatic heterocycles. The Hall–Kier alpha value is -2.85. The number of aromatic nitrogens is 2. The zero-order valence-corrected chi connectivity index (χ0v) is 14.7. The minimum atomic E-state index is 0.448. The summed E-state index contributed by atoms with van der Waals surface area (Å²) in [6.07, 6.45) is 3.32. The predicted octanol–water partition coefficient (Wildman–Crippen LogP) is 4.01. The highest BCUT2D eigenvalue weighted by atomic mass is 15.1. The van der Waals surface area contributed by atoms with Crippen LogP contribution in [0.15, 0.2) is 66.9 Å². The first-order chi connectivity index (χ1) is 12.9. The molecule has 130 valence electrons. The van der Waals surface area contributed by atoms with Crippen molar-refractivity contribution in [2.45, 2.75) is 19.0 Å². The number of nitrogens with one attached hydrogen (secondary N) is 2. The molecule has 3 heterocycles. The Morgan fingerprint density at radius 3 is 2.69 bits per heavy atom. The van der Waals surface area contributed by atoms with Crippen LogP contribution in [0.1, 0.15) is 12.0 Å². The van der Waals surface area contributed by atoms with Crippen LogP contribution in [0.3, 0.4) is 0 Å². The molecule has 0 unspecified atom stereocenters. The minimum Gasteiger partial charge on any atom is -0.365 e. The van der Waals surface area contributed by atoms with Crippen LogP contribution in [0, 0.1) is 0 Å². The summed E-state index contributed by atoms with van der Waals surface area (Å²) in [4.78, 5) is 4.94. The average molecular weight is 342 g/mol. The highest BCUT2D eigenvalue weighted by molar-refractivity contribution is 6.08. The van der Waals surface area contributed by atoms with Gasteiger partial charge < -0.3 is 15.2 Å². The molecular weight excluding hydrogens is 320 g/mol. The van der Waals surface area contributed by atoms with Crippen LogP contribution in [0.2, 0.25) is 0 Å². The molecule has 0 radical (unpaired) electrons. The number of nitrogens with zero attached hydrogens (tertiary/aromatic N) is 2. The van der Waals surface area contributed by atoms with Crippen LogP contribution in [-0.4, -0.2) is 28.7 Å². The molecule has 4 aromatic rings. The smallest absolute Gasteiger partial charge is 0.136 e. The third kappa shape index (κ3) is 2.72. The zero-order chi connectivity index (χ0) is 17.3. The summed E-state index contributed by atoms with van der Waals surface area (Å²) in [5.41, 5.74) is 3.61. The summed E-state index contributed by atoms with van der Waals surface area (Å²) in [6, 6.07) is 21.7. The minimum absolute atomic E-state index is 0.448. The summed E-state index contributed by atoms with van der Waals surface area (Å²) in [6.45, 7) is 2.94. The first-order valence-corrected chi connectivity index (χ1v) is 9.27. The van der Waals surface area contributed by atoms with Crippen molar-refractivity contribution < 1.29 is 0 Å². The van der Waals surface area contributed by atoms with Gasteiger partial charge in [-0.25, -0.2) is 4.98 Å². The van der Waals surface area contributed by atoms with E-state index >= 15 is 0 Å². The molecule has 0 amide bonds. The first kappa shape index (κ1) is 15.4. The molecule has 0 saturated carbocycles. The van der Waals surface area contributed by atoms with Crippen LogP contribution >= 0.6 is 0 Å². The van der Waals surface area contributed by atoms with Gasteiger partial charge in [-0.3, -0.25) is 0 Å². The molecule has 1 atom stereocenters. The zero-order valence-electron chi connectivity index (χ0n) is 14.7. The van der Waals surface area contributed by atoms with Crippen molar-refractivity contribution in [1.29, 1.82) is 0 Å². The van der Waals surface area contributed by atoms with Crippen LogP contribution < -0.4 is 10.6 Å². The van der Waals surface area contributed by atoms with E-state index in [0.717, 1.165) is 37.4 Å². The number of benzene rings is 2. The number of anilines is 1. The van der Waals surface area contributed by atoms with Crippen molar-refractivity contribution >= 4 is 27.6 Å². The molecule has 1 aliphatic heterocycles. The van der Waals surface area contributed by atoms with Gasteiger partial charge in [-0.1, -0.05) is 48.5 Å². The van der Waals surface area contributed by atoms with Crippen molar-refractivity contribution in [3.05, 3.63) is 72.4 Å². The van der Waals surface area contributed by atoms with Crippen molar-refractivity contribution in [2.75, 3.05) is 18.4 Å². The van der Waals surface area contributed by atoms with E-state index in [9.17, 15) is 0 Å². The predicted molar refractivity (Wildman–Crippen MR) is 108 cm³/mol. The normalized spacial score (nSPS) is 17.2. The molecule has 26 heavy (non-hydrogen) atoms. The third-order valence-electron chi connectivity index (χ3n) is 5.21. The molecular formula is C22H22N4. The first-order valence-electron chi connectivity index (χ1n) is 9.27. The lowest BCUT2D eigenvalue weighted by molar-refractivity contribution is 0.790. The Kier molecular flexibility index (Phi) is 3.83. The molecule has 4 nitrogen and oxygen atoms in total. The maximum absolute atomic E-state index is 4.94. The van der Waals surface area contributed by atoms with Gasteiger partial charge in [-0.2, -0.15) is 0 Å². The van der Waals surface area contributed by atoms with Crippen LogP contribution in [0.4, 0.5) is 5.82 Å². The number of pyridine rings is 1. The summed E-state index contributed by atoms with van der Waals surface area (Å²) in [7, 11) is 0. The molecule has 0 spiro atoms. The molecule has 4 heteroatoms. The molecule has 1 aliphatic rings. The van der Waals surface area contributed by atoms with E-state index in [1.165, 1.54) is 21.9 Å². The lowest BCUT2D eigenvalue weighted by atomic mass is 10.1. The molecule has 0 bridgehead atoms. The van der Waals surface area contributed by atoms with E-state index in [4.69, 9.17) is 4.98 Å². The molecule has 0 aliphatic carbocycles. The topological polar surface area (TPSA) is 41.9 Å². The van der Waals surface area contributed by atoms with E-state index in [-0.39, 0.29) is 0 Å². The Morgan fingerprint density at radius 1 is 1.00 bits per heavy atom. The van der Waals surface area contributed by atoms with Gasteiger partial charge in [0.05, 0.1) is 11.0 Å². The van der Waals surface area contributed by atoms with Gasteiger partial charge in [0.15, 0.2) is 0 Å². The Bertz CT molecular complexity index is 1050. The fourth-order valence-corrected chi connectivity index (χ4v) is 3.91. The van der Waals surface area contributed by atoms with Gasteiger partial charge in [-0.15, -0.1) is 0 Å². The second-order valence-corrected chi connectivity index (χ2v) is 7.00. The van der Waals surface area contributed by atoms with Crippen LogP contribution in [0.25, 0.3) is 21.8 Å². The highest BCUT2D eigenvalue weighted by Crippen LogP contribution is 2.31. The summed E-state index contributed by atoms with van der Waals surface area (Å²) < 4.78 is 2.34. The Balaban J connectivity index is 1.66. The average Bonchev–Trinajstić information content (AvgIpc) is 3.33. The van der Waals surface area contributed by atoms with Gasteiger partial charge in [0.1, 0.15) is 5.82 Å².